The number of aromatic nitrogens is 2. The van der Waals surface area contributed by atoms with Gasteiger partial charge in [0, 0.05) is 11.5 Å². The van der Waals surface area contributed by atoms with Crippen molar-refractivity contribution in [1.82, 2.24) is 9.97 Å². The molecule has 0 amide bonds. The minimum atomic E-state index is -0.488. The summed E-state index contributed by atoms with van der Waals surface area (Å²) >= 11 is 13.2. The molecule has 3 rings (SSSR count). The van der Waals surface area contributed by atoms with Gasteiger partial charge in [0.2, 0.25) is 0 Å². The number of hydrogen-bond acceptors (Lipinski definition) is 4. The van der Waals surface area contributed by atoms with Crippen LogP contribution in [-0.4, -0.2) is 9.97 Å². The molecule has 1 aromatic carbocycles. The standard InChI is InChI=1S/C13H7Cl2FN2OS/c14-9-5-7(1-2-10(9)16)19-6-11-17-12(15)8-3-4-20-13(8)18-11/h1-5H,6H2. The molecule has 0 saturated carbocycles. The predicted octanol–water partition coefficient (Wildman–Crippen LogP) is 4.72. The Bertz CT molecular complexity index is 778. The fourth-order valence-corrected chi connectivity index (χ4v) is 2.90. The first-order valence-electron chi connectivity index (χ1n) is 5.61. The highest BCUT2D eigenvalue weighted by Crippen LogP contribution is 2.25. The largest absolute Gasteiger partial charge is 0.486 e. The molecule has 0 aliphatic rings. The molecule has 0 saturated heterocycles. The van der Waals surface area contributed by atoms with Crippen LogP contribution >= 0.6 is 34.5 Å². The molecule has 3 nitrogen and oxygen atoms in total. The molecule has 0 spiro atoms. The normalized spacial score (nSPS) is 10.9. The number of thiophene rings is 1. The first kappa shape index (κ1) is 13.5. The maximum atomic E-state index is 13.0. The van der Waals surface area contributed by atoms with E-state index in [-0.39, 0.29) is 11.6 Å². The third-order valence-corrected chi connectivity index (χ3v) is 3.97. The highest BCUT2D eigenvalue weighted by atomic mass is 35.5. The van der Waals surface area contributed by atoms with Crippen LogP contribution in [0.5, 0.6) is 5.75 Å². The summed E-state index contributed by atoms with van der Waals surface area (Å²) in [4.78, 5) is 9.31. The van der Waals surface area contributed by atoms with Crippen LogP contribution in [0.1, 0.15) is 5.82 Å². The number of rotatable bonds is 3. The van der Waals surface area contributed by atoms with Gasteiger partial charge in [-0.1, -0.05) is 23.2 Å². The van der Waals surface area contributed by atoms with Crippen molar-refractivity contribution in [3.8, 4) is 5.75 Å². The zero-order valence-corrected chi connectivity index (χ0v) is 12.3. The summed E-state index contributed by atoms with van der Waals surface area (Å²) in [6.07, 6.45) is 0. The fraction of sp³-hybridized carbons (Fsp3) is 0.0769. The van der Waals surface area contributed by atoms with E-state index in [4.69, 9.17) is 27.9 Å². The number of fused-ring (bicyclic) bond motifs is 1. The third kappa shape index (κ3) is 2.70. The first-order valence-corrected chi connectivity index (χ1v) is 7.24. The van der Waals surface area contributed by atoms with Crippen LogP contribution in [0.3, 0.4) is 0 Å². The molecular weight excluding hydrogens is 322 g/mol. The van der Waals surface area contributed by atoms with E-state index in [2.05, 4.69) is 9.97 Å². The van der Waals surface area contributed by atoms with Gasteiger partial charge in [0.1, 0.15) is 28.2 Å². The van der Waals surface area contributed by atoms with Crippen LogP contribution in [0.25, 0.3) is 10.2 Å². The molecule has 0 radical (unpaired) electrons. The van der Waals surface area contributed by atoms with Gasteiger partial charge >= 0.3 is 0 Å². The minimum absolute atomic E-state index is 0.00941. The van der Waals surface area contributed by atoms with E-state index in [9.17, 15) is 4.39 Å². The van der Waals surface area contributed by atoms with E-state index >= 15 is 0 Å². The van der Waals surface area contributed by atoms with Crippen LogP contribution in [0, 0.1) is 5.82 Å². The summed E-state index contributed by atoms with van der Waals surface area (Å²) in [7, 11) is 0. The van der Waals surface area contributed by atoms with Crippen molar-refractivity contribution in [2.24, 2.45) is 0 Å². The van der Waals surface area contributed by atoms with E-state index in [0.29, 0.717) is 16.7 Å². The van der Waals surface area contributed by atoms with Crippen LogP contribution < -0.4 is 4.74 Å². The van der Waals surface area contributed by atoms with Crippen molar-refractivity contribution >= 4 is 44.8 Å². The molecule has 0 unspecified atom stereocenters. The molecule has 2 heterocycles. The van der Waals surface area contributed by atoms with E-state index in [1.54, 1.807) is 0 Å². The van der Waals surface area contributed by atoms with Gasteiger partial charge in [-0.2, -0.15) is 0 Å². The Kier molecular flexibility index (Phi) is 3.74. The third-order valence-electron chi connectivity index (χ3n) is 2.58. The van der Waals surface area contributed by atoms with Gasteiger partial charge in [-0.05, 0) is 23.6 Å². The number of nitrogens with zero attached hydrogens (tertiary/aromatic N) is 2. The van der Waals surface area contributed by atoms with E-state index in [1.165, 1.54) is 29.5 Å². The molecule has 0 fully saturated rings. The summed E-state index contributed by atoms with van der Waals surface area (Å²) in [5.74, 6) is 0.422. The number of ether oxygens (including phenoxy) is 1. The SMILES string of the molecule is Fc1ccc(OCc2nc(Cl)c3ccsc3n2)cc1Cl. The average Bonchev–Trinajstić information content (AvgIpc) is 2.89. The molecule has 0 aliphatic heterocycles. The van der Waals surface area contributed by atoms with Gasteiger partial charge < -0.3 is 4.74 Å². The van der Waals surface area contributed by atoms with Crippen molar-refractivity contribution in [2.75, 3.05) is 0 Å². The lowest BCUT2D eigenvalue weighted by atomic mass is 10.3. The zero-order chi connectivity index (χ0) is 14.1. The van der Waals surface area contributed by atoms with Gasteiger partial charge in [0.05, 0.1) is 5.02 Å². The maximum Gasteiger partial charge on any atom is 0.169 e. The molecule has 20 heavy (non-hydrogen) atoms. The lowest BCUT2D eigenvalue weighted by Gasteiger charge is -2.06. The number of hydrogen-bond donors (Lipinski definition) is 0. The smallest absolute Gasteiger partial charge is 0.169 e. The van der Waals surface area contributed by atoms with Crippen molar-refractivity contribution in [3.05, 3.63) is 51.5 Å². The van der Waals surface area contributed by atoms with Crippen LogP contribution in [-0.2, 0) is 6.61 Å². The molecule has 0 aliphatic carbocycles. The van der Waals surface area contributed by atoms with Crippen molar-refractivity contribution < 1.29 is 9.13 Å². The lowest BCUT2D eigenvalue weighted by molar-refractivity contribution is 0.296. The summed E-state index contributed by atoms with van der Waals surface area (Å²) < 4.78 is 18.5. The predicted molar refractivity (Wildman–Crippen MR) is 78.2 cm³/mol. The van der Waals surface area contributed by atoms with Crippen molar-refractivity contribution in [2.45, 2.75) is 6.61 Å². The summed E-state index contributed by atoms with van der Waals surface area (Å²) in [5.41, 5.74) is 0. The second-order valence-corrected chi connectivity index (χ2v) is 5.59. The Morgan fingerprint density at radius 2 is 2.05 bits per heavy atom. The Morgan fingerprint density at radius 1 is 1.20 bits per heavy atom. The minimum Gasteiger partial charge on any atom is -0.486 e. The highest BCUT2D eigenvalue weighted by molar-refractivity contribution is 7.16. The van der Waals surface area contributed by atoms with Crippen molar-refractivity contribution in [3.63, 3.8) is 0 Å². The topological polar surface area (TPSA) is 35.0 Å². The van der Waals surface area contributed by atoms with Crippen molar-refractivity contribution in [1.29, 1.82) is 0 Å². The monoisotopic (exact) mass is 328 g/mol. The number of benzene rings is 1. The Morgan fingerprint density at radius 3 is 2.85 bits per heavy atom. The molecule has 0 N–H and O–H groups in total. The second kappa shape index (κ2) is 5.52. The Hall–Kier alpha value is -1.43. The van der Waals surface area contributed by atoms with E-state index < -0.39 is 5.82 Å². The van der Waals surface area contributed by atoms with Gasteiger partial charge in [0.25, 0.3) is 0 Å². The van der Waals surface area contributed by atoms with Gasteiger partial charge in [0.15, 0.2) is 5.82 Å². The Balaban J connectivity index is 1.80. The lowest BCUT2D eigenvalue weighted by Crippen LogP contribution is -2.01. The van der Waals surface area contributed by atoms with E-state index in [1.807, 2.05) is 11.4 Å². The van der Waals surface area contributed by atoms with E-state index in [0.717, 1.165) is 10.2 Å². The first-order chi connectivity index (χ1) is 9.63. The van der Waals surface area contributed by atoms with Crippen LogP contribution in [0.4, 0.5) is 4.39 Å². The number of halogens is 3. The molecule has 3 aromatic rings. The quantitative estimate of drug-likeness (QED) is 0.653. The van der Waals surface area contributed by atoms with Gasteiger partial charge in [-0.15, -0.1) is 11.3 Å². The van der Waals surface area contributed by atoms with Crippen LogP contribution in [0.2, 0.25) is 10.2 Å². The van der Waals surface area contributed by atoms with Crippen LogP contribution in [0.15, 0.2) is 29.6 Å². The molecular formula is C13H7Cl2FN2OS. The maximum absolute atomic E-state index is 13.0. The molecule has 7 heteroatoms. The zero-order valence-electron chi connectivity index (χ0n) is 9.94. The summed E-state index contributed by atoms with van der Waals surface area (Å²) in [5, 5.41) is 3.13. The second-order valence-electron chi connectivity index (χ2n) is 3.93. The fourth-order valence-electron chi connectivity index (χ4n) is 1.64. The van der Waals surface area contributed by atoms with Gasteiger partial charge in [-0.25, -0.2) is 14.4 Å². The average molecular weight is 329 g/mol. The molecule has 2 aromatic heterocycles. The molecule has 102 valence electrons. The molecule has 0 bridgehead atoms. The molecule has 0 atom stereocenters. The highest BCUT2D eigenvalue weighted by Gasteiger charge is 2.08. The summed E-state index contributed by atoms with van der Waals surface area (Å²) in [6, 6.07) is 6.01. The summed E-state index contributed by atoms with van der Waals surface area (Å²) in [6.45, 7) is 0.134. The van der Waals surface area contributed by atoms with Gasteiger partial charge in [-0.3, -0.25) is 0 Å². The Labute approximate surface area is 128 Å².